The van der Waals surface area contributed by atoms with Gasteiger partial charge in [0, 0.05) is 13.1 Å². The zero-order valence-corrected chi connectivity index (χ0v) is 9.22. The van der Waals surface area contributed by atoms with Crippen LogP contribution >= 0.6 is 0 Å². The summed E-state index contributed by atoms with van der Waals surface area (Å²) in [5, 5.41) is 3.30. The third kappa shape index (κ3) is 2.27. The molecule has 4 nitrogen and oxygen atoms in total. The third-order valence-electron chi connectivity index (χ3n) is 3.15. The van der Waals surface area contributed by atoms with Gasteiger partial charge in [-0.25, -0.2) is 12.7 Å². The van der Waals surface area contributed by atoms with E-state index >= 15 is 0 Å². The summed E-state index contributed by atoms with van der Waals surface area (Å²) in [6.45, 7) is 3.63. The van der Waals surface area contributed by atoms with Gasteiger partial charge in [-0.05, 0) is 38.3 Å². The van der Waals surface area contributed by atoms with Gasteiger partial charge in [0.15, 0.2) is 0 Å². The van der Waals surface area contributed by atoms with Crippen LogP contribution in [-0.4, -0.2) is 44.7 Å². The number of hydrogen-bond donors (Lipinski definition) is 1. The van der Waals surface area contributed by atoms with E-state index < -0.39 is 10.0 Å². The standard InChI is InChI=1S/C9H18N2O2S/c12-14(13)7-1-5-11(14)6-3-9-2-4-10-8-9/h9-10H,1-8H2. The summed E-state index contributed by atoms with van der Waals surface area (Å²) in [6.07, 6.45) is 3.03. The van der Waals surface area contributed by atoms with E-state index in [-0.39, 0.29) is 0 Å². The predicted octanol–water partition coefficient (Wildman–Crippen LogP) is 0.0215. The van der Waals surface area contributed by atoms with Gasteiger partial charge in [0.25, 0.3) is 0 Å². The zero-order valence-electron chi connectivity index (χ0n) is 8.41. The molecule has 2 rings (SSSR count). The molecule has 2 heterocycles. The maximum Gasteiger partial charge on any atom is 0.214 e. The van der Waals surface area contributed by atoms with Gasteiger partial charge >= 0.3 is 0 Å². The second kappa shape index (κ2) is 4.16. The van der Waals surface area contributed by atoms with Crippen molar-refractivity contribution in [3.8, 4) is 0 Å². The molecule has 2 saturated heterocycles. The summed E-state index contributed by atoms with van der Waals surface area (Å²) in [7, 11) is -2.87. The molecule has 0 aliphatic carbocycles. The Morgan fingerprint density at radius 2 is 2.29 bits per heavy atom. The van der Waals surface area contributed by atoms with E-state index in [4.69, 9.17) is 0 Å². The molecule has 1 unspecified atom stereocenters. The molecule has 0 aromatic heterocycles. The van der Waals surface area contributed by atoms with Gasteiger partial charge in [-0.1, -0.05) is 0 Å². The second-order valence-electron chi connectivity index (χ2n) is 4.22. The molecule has 0 amide bonds. The van der Waals surface area contributed by atoms with Crippen LogP contribution in [-0.2, 0) is 10.0 Å². The van der Waals surface area contributed by atoms with E-state index in [0.29, 0.717) is 11.7 Å². The van der Waals surface area contributed by atoms with Crippen LogP contribution in [0.1, 0.15) is 19.3 Å². The smallest absolute Gasteiger partial charge is 0.214 e. The number of nitrogens with zero attached hydrogens (tertiary/aromatic N) is 1. The van der Waals surface area contributed by atoms with E-state index in [1.165, 1.54) is 6.42 Å². The number of rotatable bonds is 3. The minimum Gasteiger partial charge on any atom is -0.316 e. The Labute approximate surface area is 85.7 Å². The van der Waals surface area contributed by atoms with Gasteiger partial charge in [0.1, 0.15) is 0 Å². The van der Waals surface area contributed by atoms with E-state index in [1.54, 1.807) is 4.31 Å². The molecular formula is C9H18N2O2S. The maximum absolute atomic E-state index is 11.5. The predicted molar refractivity (Wildman–Crippen MR) is 55.6 cm³/mol. The van der Waals surface area contributed by atoms with E-state index in [0.717, 1.165) is 39.0 Å². The summed E-state index contributed by atoms with van der Waals surface area (Å²) < 4.78 is 24.6. The number of nitrogens with one attached hydrogen (secondary N) is 1. The Morgan fingerprint density at radius 1 is 1.43 bits per heavy atom. The average molecular weight is 218 g/mol. The van der Waals surface area contributed by atoms with Crippen molar-refractivity contribution in [3.63, 3.8) is 0 Å². The van der Waals surface area contributed by atoms with E-state index in [2.05, 4.69) is 5.32 Å². The van der Waals surface area contributed by atoms with Crippen LogP contribution < -0.4 is 5.32 Å². The van der Waals surface area contributed by atoms with Crippen molar-refractivity contribution in [2.75, 3.05) is 31.9 Å². The molecule has 0 saturated carbocycles. The summed E-state index contributed by atoms with van der Waals surface area (Å²) in [5.41, 5.74) is 0. The van der Waals surface area contributed by atoms with Gasteiger partial charge < -0.3 is 5.32 Å². The quantitative estimate of drug-likeness (QED) is 0.726. The number of sulfonamides is 1. The topological polar surface area (TPSA) is 49.4 Å². The Morgan fingerprint density at radius 3 is 2.86 bits per heavy atom. The minimum absolute atomic E-state index is 0.357. The molecule has 0 spiro atoms. The molecule has 0 bridgehead atoms. The van der Waals surface area contributed by atoms with Gasteiger partial charge in [-0.3, -0.25) is 0 Å². The van der Waals surface area contributed by atoms with Crippen LogP contribution in [0.4, 0.5) is 0 Å². The summed E-state index contributed by atoms with van der Waals surface area (Å²) >= 11 is 0. The second-order valence-corrected chi connectivity index (χ2v) is 6.30. The van der Waals surface area contributed by atoms with Crippen molar-refractivity contribution in [1.82, 2.24) is 9.62 Å². The van der Waals surface area contributed by atoms with Crippen molar-refractivity contribution in [2.24, 2.45) is 5.92 Å². The minimum atomic E-state index is -2.87. The fourth-order valence-electron chi connectivity index (χ4n) is 2.23. The first-order valence-electron chi connectivity index (χ1n) is 5.37. The molecule has 2 fully saturated rings. The van der Waals surface area contributed by atoms with Crippen molar-refractivity contribution >= 4 is 10.0 Å². The lowest BCUT2D eigenvalue weighted by Crippen LogP contribution is -2.28. The molecule has 0 aromatic carbocycles. The molecule has 0 aromatic rings. The summed E-state index contributed by atoms with van der Waals surface area (Å²) in [4.78, 5) is 0. The van der Waals surface area contributed by atoms with Crippen molar-refractivity contribution in [2.45, 2.75) is 19.3 Å². The highest BCUT2D eigenvalue weighted by atomic mass is 32.2. The lowest BCUT2D eigenvalue weighted by Gasteiger charge is -2.16. The molecule has 2 aliphatic rings. The van der Waals surface area contributed by atoms with Crippen LogP contribution in [0.3, 0.4) is 0 Å². The summed E-state index contributed by atoms with van der Waals surface area (Å²) in [5.74, 6) is 1.04. The molecule has 82 valence electrons. The van der Waals surface area contributed by atoms with Gasteiger partial charge in [-0.2, -0.15) is 0 Å². The van der Waals surface area contributed by atoms with Crippen LogP contribution in [0.2, 0.25) is 0 Å². The van der Waals surface area contributed by atoms with Crippen molar-refractivity contribution < 1.29 is 8.42 Å². The van der Waals surface area contributed by atoms with E-state index in [1.807, 2.05) is 0 Å². The van der Waals surface area contributed by atoms with E-state index in [9.17, 15) is 8.42 Å². The average Bonchev–Trinajstić information content (AvgIpc) is 2.71. The maximum atomic E-state index is 11.5. The molecule has 14 heavy (non-hydrogen) atoms. The number of hydrogen-bond acceptors (Lipinski definition) is 3. The third-order valence-corrected chi connectivity index (χ3v) is 5.11. The lowest BCUT2D eigenvalue weighted by molar-refractivity contribution is 0.393. The first-order valence-corrected chi connectivity index (χ1v) is 6.98. The lowest BCUT2D eigenvalue weighted by atomic mass is 10.1. The zero-order chi connectivity index (χ0) is 10.0. The Bertz CT molecular complexity index is 283. The van der Waals surface area contributed by atoms with Crippen LogP contribution in [0, 0.1) is 5.92 Å². The highest BCUT2D eigenvalue weighted by Gasteiger charge is 2.28. The Hall–Kier alpha value is -0.130. The Kier molecular flexibility index (Phi) is 3.09. The van der Waals surface area contributed by atoms with Crippen LogP contribution in [0.25, 0.3) is 0 Å². The van der Waals surface area contributed by atoms with Crippen molar-refractivity contribution in [1.29, 1.82) is 0 Å². The fourth-order valence-corrected chi connectivity index (χ4v) is 3.77. The molecule has 5 heteroatoms. The molecule has 1 atom stereocenters. The molecule has 1 N–H and O–H groups in total. The molecule has 0 radical (unpaired) electrons. The highest BCUT2D eigenvalue weighted by molar-refractivity contribution is 7.89. The van der Waals surface area contributed by atoms with Gasteiger partial charge in [0.2, 0.25) is 10.0 Å². The summed E-state index contributed by atoms with van der Waals surface area (Å²) in [6, 6.07) is 0. The SMILES string of the molecule is O=S1(=O)CCCN1CCC1CCNC1. The molecular weight excluding hydrogens is 200 g/mol. The first kappa shape index (κ1) is 10.4. The fraction of sp³-hybridized carbons (Fsp3) is 1.00. The normalized spacial score (nSPS) is 32.4. The Balaban J connectivity index is 1.80. The van der Waals surface area contributed by atoms with Gasteiger partial charge in [0.05, 0.1) is 5.75 Å². The van der Waals surface area contributed by atoms with Crippen molar-refractivity contribution in [3.05, 3.63) is 0 Å². The van der Waals surface area contributed by atoms with Crippen LogP contribution in [0.5, 0.6) is 0 Å². The van der Waals surface area contributed by atoms with Crippen LogP contribution in [0.15, 0.2) is 0 Å². The first-order chi connectivity index (χ1) is 6.68. The largest absolute Gasteiger partial charge is 0.316 e. The monoisotopic (exact) mass is 218 g/mol. The molecule has 2 aliphatic heterocycles. The van der Waals surface area contributed by atoms with Gasteiger partial charge in [-0.15, -0.1) is 0 Å². The highest BCUT2D eigenvalue weighted by Crippen LogP contribution is 2.18.